The van der Waals surface area contributed by atoms with Crippen molar-refractivity contribution in [2.75, 3.05) is 13.6 Å². The van der Waals surface area contributed by atoms with Crippen molar-refractivity contribution in [3.05, 3.63) is 36.0 Å². The summed E-state index contributed by atoms with van der Waals surface area (Å²) in [6, 6.07) is 8.08. The number of pyridine rings is 1. The molecule has 2 N–H and O–H groups in total. The number of nitrogens with one attached hydrogen (secondary N) is 2. The minimum Gasteiger partial charge on any atom is -0.339 e. The van der Waals surface area contributed by atoms with E-state index in [1.807, 2.05) is 19.2 Å². The van der Waals surface area contributed by atoms with E-state index < -0.39 is 10.0 Å². The lowest BCUT2D eigenvalue weighted by Crippen LogP contribution is -2.36. The van der Waals surface area contributed by atoms with E-state index in [-0.39, 0.29) is 5.54 Å². The van der Waals surface area contributed by atoms with Crippen molar-refractivity contribution in [3.63, 3.8) is 0 Å². The first-order valence-electron chi connectivity index (χ1n) is 10.4. The predicted octanol–water partition coefficient (Wildman–Crippen LogP) is 3.74. The third kappa shape index (κ3) is 3.35. The van der Waals surface area contributed by atoms with Crippen molar-refractivity contribution >= 4 is 32.0 Å². The van der Waals surface area contributed by atoms with Crippen LogP contribution in [0.1, 0.15) is 51.0 Å². The summed E-state index contributed by atoms with van der Waals surface area (Å²) in [5.74, 6) is 0.491. The fraction of sp³-hybridized carbons (Fsp3) is 0.500. The van der Waals surface area contributed by atoms with E-state index in [0.29, 0.717) is 16.9 Å². The van der Waals surface area contributed by atoms with Crippen molar-refractivity contribution in [3.8, 4) is 0 Å². The maximum Gasteiger partial charge on any atom is 0.241 e. The molecule has 3 heterocycles. The Balaban J connectivity index is 1.58. The lowest BCUT2D eigenvalue weighted by molar-refractivity contribution is 0.183. The normalized spacial score (nSPS) is 24.9. The summed E-state index contributed by atoms with van der Waals surface area (Å²) in [5, 5.41) is 2.18. The molecule has 1 aliphatic heterocycles. The van der Waals surface area contributed by atoms with Crippen molar-refractivity contribution in [1.82, 2.24) is 19.6 Å². The number of hydrogen-bond donors (Lipinski definition) is 2. The third-order valence-corrected chi connectivity index (χ3v) is 8.47. The first-order chi connectivity index (χ1) is 13.8. The lowest BCUT2D eigenvalue weighted by Gasteiger charge is -2.35. The summed E-state index contributed by atoms with van der Waals surface area (Å²) in [4.78, 5) is 10.6. The van der Waals surface area contributed by atoms with Gasteiger partial charge in [-0.15, -0.1) is 0 Å². The number of nitrogens with zero attached hydrogens (tertiary/aromatic N) is 2. The molecule has 5 rings (SSSR count). The fourth-order valence-corrected chi connectivity index (χ4v) is 6.07. The Kier molecular flexibility index (Phi) is 4.28. The second-order valence-electron chi connectivity index (χ2n) is 9.17. The quantitative estimate of drug-likeness (QED) is 0.684. The first-order valence-corrected chi connectivity index (χ1v) is 11.9. The number of rotatable bonds is 4. The Morgan fingerprint density at radius 3 is 2.79 bits per heavy atom. The molecule has 2 aliphatic rings. The van der Waals surface area contributed by atoms with Gasteiger partial charge in [0.2, 0.25) is 10.0 Å². The Morgan fingerprint density at radius 2 is 2.07 bits per heavy atom. The van der Waals surface area contributed by atoms with Gasteiger partial charge in [-0.1, -0.05) is 6.07 Å². The van der Waals surface area contributed by atoms with E-state index >= 15 is 0 Å². The fourth-order valence-electron chi connectivity index (χ4n) is 4.58. The maximum atomic E-state index is 12.8. The van der Waals surface area contributed by atoms with Crippen LogP contribution in [0.2, 0.25) is 0 Å². The molecule has 2 atom stereocenters. The summed E-state index contributed by atoms with van der Waals surface area (Å²) in [6.07, 6.45) is 5.90. The smallest absolute Gasteiger partial charge is 0.241 e. The van der Waals surface area contributed by atoms with Gasteiger partial charge >= 0.3 is 0 Å². The molecule has 0 spiro atoms. The van der Waals surface area contributed by atoms with E-state index in [0.717, 1.165) is 54.2 Å². The largest absolute Gasteiger partial charge is 0.339 e. The third-order valence-electron chi connectivity index (χ3n) is 6.84. The minimum absolute atomic E-state index is 0.284. The van der Waals surface area contributed by atoms with Gasteiger partial charge in [0.25, 0.3) is 0 Å². The van der Waals surface area contributed by atoms with Crippen LogP contribution >= 0.6 is 0 Å². The number of benzene rings is 1. The van der Waals surface area contributed by atoms with Crippen LogP contribution in [0.4, 0.5) is 0 Å². The van der Waals surface area contributed by atoms with Gasteiger partial charge in [0, 0.05) is 34.1 Å². The molecule has 1 saturated heterocycles. The molecule has 3 aromatic rings. The number of sulfonamides is 1. The summed E-state index contributed by atoms with van der Waals surface area (Å²) in [7, 11) is -1.34. The zero-order valence-electron chi connectivity index (χ0n) is 17.2. The lowest BCUT2D eigenvalue weighted by atomic mass is 9.84. The van der Waals surface area contributed by atoms with Crippen LogP contribution in [-0.4, -0.2) is 48.5 Å². The van der Waals surface area contributed by atoms with Gasteiger partial charge in [-0.2, -0.15) is 0 Å². The summed E-state index contributed by atoms with van der Waals surface area (Å²) >= 11 is 0. The molecule has 29 heavy (non-hydrogen) atoms. The van der Waals surface area contributed by atoms with Crippen molar-refractivity contribution in [1.29, 1.82) is 0 Å². The van der Waals surface area contributed by atoms with E-state index in [9.17, 15) is 8.42 Å². The van der Waals surface area contributed by atoms with E-state index in [1.54, 1.807) is 12.1 Å². The van der Waals surface area contributed by atoms with Crippen LogP contribution in [0.3, 0.4) is 0 Å². The molecule has 1 aromatic carbocycles. The van der Waals surface area contributed by atoms with E-state index in [4.69, 9.17) is 0 Å². The standard InChI is InChI=1S/C22H28N4O2S/c1-14-12-15(7-11-26(14)3)17-6-10-23-21-20(17)18-5-4-16(13-19(18)24-21)29(27,28)25-22(2)8-9-22/h4-6,10,13-15,25H,7-9,11-12H2,1-3H3,(H,23,24). The molecule has 2 unspecified atom stereocenters. The van der Waals surface area contributed by atoms with Crippen LogP contribution in [0.15, 0.2) is 35.4 Å². The van der Waals surface area contributed by atoms with Gasteiger partial charge < -0.3 is 9.88 Å². The first kappa shape index (κ1) is 19.0. The topological polar surface area (TPSA) is 78.1 Å². The molecule has 6 nitrogen and oxygen atoms in total. The Bertz CT molecular complexity index is 1200. The Labute approximate surface area is 171 Å². The van der Waals surface area contributed by atoms with Gasteiger partial charge in [0.05, 0.1) is 4.90 Å². The molecule has 0 amide bonds. The maximum absolute atomic E-state index is 12.8. The SMILES string of the molecule is CC1CC(c2ccnc3[nH]c4cc(S(=O)(=O)NC5(C)CC5)ccc4c23)CCN1C. The number of piperidine rings is 1. The van der Waals surface area contributed by atoms with Gasteiger partial charge in [-0.25, -0.2) is 18.1 Å². The number of aromatic nitrogens is 2. The van der Waals surface area contributed by atoms with Crippen molar-refractivity contribution in [2.45, 2.75) is 61.9 Å². The molecule has 7 heteroatoms. The number of hydrogen-bond acceptors (Lipinski definition) is 4. The summed E-state index contributed by atoms with van der Waals surface area (Å²) < 4.78 is 28.4. The molecular formula is C22H28N4O2S. The summed E-state index contributed by atoms with van der Waals surface area (Å²) in [6.45, 7) is 5.32. The van der Waals surface area contributed by atoms with Gasteiger partial charge in [0.1, 0.15) is 5.65 Å². The van der Waals surface area contributed by atoms with Gasteiger partial charge in [-0.3, -0.25) is 0 Å². The van der Waals surface area contributed by atoms with Crippen LogP contribution in [0, 0.1) is 0 Å². The number of likely N-dealkylation sites (tertiary alicyclic amines) is 1. The van der Waals surface area contributed by atoms with Crippen LogP contribution in [0.5, 0.6) is 0 Å². The average molecular weight is 413 g/mol. The van der Waals surface area contributed by atoms with Crippen LogP contribution < -0.4 is 4.72 Å². The van der Waals surface area contributed by atoms with Crippen LogP contribution in [0.25, 0.3) is 21.9 Å². The molecule has 2 aromatic heterocycles. The molecule has 154 valence electrons. The second kappa shape index (κ2) is 6.52. The predicted molar refractivity (Wildman–Crippen MR) is 116 cm³/mol. The zero-order chi connectivity index (χ0) is 20.4. The molecule has 1 aliphatic carbocycles. The molecule has 0 radical (unpaired) electrons. The van der Waals surface area contributed by atoms with Gasteiger partial charge in [0.15, 0.2) is 0 Å². The Morgan fingerprint density at radius 1 is 1.28 bits per heavy atom. The number of fused-ring (bicyclic) bond motifs is 3. The number of aromatic amines is 1. The molecule has 0 bridgehead atoms. The second-order valence-corrected chi connectivity index (χ2v) is 10.9. The average Bonchev–Trinajstić information content (AvgIpc) is 3.26. The highest BCUT2D eigenvalue weighted by molar-refractivity contribution is 7.89. The zero-order valence-corrected chi connectivity index (χ0v) is 18.0. The van der Waals surface area contributed by atoms with Crippen LogP contribution in [-0.2, 0) is 10.0 Å². The van der Waals surface area contributed by atoms with Gasteiger partial charge in [-0.05, 0) is 82.8 Å². The molecule has 1 saturated carbocycles. The highest BCUT2D eigenvalue weighted by atomic mass is 32.2. The molecular weight excluding hydrogens is 384 g/mol. The monoisotopic (exact) mass is 412 g/mol. The molecule has 2 fully saturated rings. The Hall–Kier alpha value is -1.96. The van der Waals surface area contributed by atoms with E-state index in [1.165, 1.54) is 5.56 Å². The number of H-pyrrole nitrogens is 1. The highest BCUT2D eigenvalue weighted by Gasteiger charge is 2.41. The van der Waals surface area contributed by atoms with Crippen molar-refractivity contribution < 1.29 is 8.42 Å². The van der Waals surface area contributed by atoms with Crippen molar-refractivity contribution in [2.24, 2.45) is 0 Å². The van der Waals surface area contributed by atoms with E-state index in [2.05, 4.69) is 39.6 Å². The summed E-state index contributed by atoms with van der Waals surface area (Å²) in [5.41, 5.74) is 2.69. The minimum atomic E-state index is -3.52. The highest BCUT2D eigenvalue weighted by Crippen LogP contribution is 2.39.